The van der Waals surface area contributed by atoms with E-state index in [9.17, 15) is 22.4 Å². The van der Waals surface area contributed by atoms with Crippen LogP contribution in [0.15, 0.2) is 18.2 Å². The van der Waals surface area contributed by atoms with Gasteiger partial charge in [-0.25, -0.2) is 4.98 Å². The highest BCUT2D eigenvalue weighted by Gasteiger charge is 2.41. The van der Waals surface area contributed by atoms with Crippen LogP contribution in [0.4, 0.5) is 17.6 Å². The van der Waals surface area contributed by atoms with Gasteiger partial charge >= 0.3 is 6.18 Å². The van der Waals surface area contributed by atoms with E-state index in [0.717, 1.165) is 6.07 Å². The molecule has 1 saturated carbocycles. The van der Waals surface area contributed by atoms with Gasteiger partial charge in [-0.3, -0.25) is 4.79 Å². The van der Waals surface area contributed by atoms with Crippen LogP contribution in [-0.4, -0.2) is 34.6 Å². The summed E-state index contributed by atoms with van der Waals surface area (Å²) in [6.45, 7) is -1.32. The molecule has 0 saturated heterocycles. The van der Waals surface area contributed by atoms with Gasteiger partial charge in [-0.2, -0.15) is 17.6 Å². The number of alkyl halides is 3. The van der Waals surface area contributed by atoms with Crippen molar-refractivity contribution in [2.24, 2.45) is 0 Å². The Morgan fingerprint density at radius 1 is 1.39 bits per heavy atom. The van der Waals surface area contributed by atoms with Crippen LogP contribution in [0.25, 0.3) is 0 Å². The molecule has 0 N–H and O–H groups in total. The maximum absolute atomic E-state index is 12.8. The second-order valence-corrected chi connectivity index (χ2v) is 4.12. The fourth-order valence-electron chi connectivity index (χ4n) is 1.62. The van der Waals surface area contributed by atoms with Crippen LogP contribution in [0.2, 0.25) is 0 Å². The molecule has 2 rings (SSSR count). The van der Waals surface area contributed by atoms with E-state index in [-0.39, 0.29) is 5.69 Å². The molecule has 1 aromatic rings. The Bertz CT molecular complexity index is 457. The minimum Gasteiger partial charge on any atom is -0.325 e. The molecule has 0 bridgehead atoms. The van der Waals surface area contributed by atoms with Gasteiger partial charge in [0, 0.05) is 6.04 Å². The maximum Gasteiger partial charge on any atom is 0.406 e. The molecule has 3 nitrogen and oxygen atoms in total. The van der Waals surface area contributed by atoms with E-state index in [1.165, 1.54) is 12.1 Å². The Morgan fingerprint density at radius 2 is 2.06 bits per heavy atom. The molecule has 7 heteroatoms. The highest BCUT2D eigenvalue weighted by molar-refractivity contribution is 5.92. The first-order valence-electron chi connectivity index (χ1n) is 5.37. The number of nitrogens with zero attached hydrogens (tertiary/aromatic N) is 2. The van der Waals surface area contributed by atoms with Gasteiger partial charge in [0.15, 0.2) is 0 Å². The van der Waals surface area contributed by atoms with Crippen LogP contribution in [0.1, 0.15) is 23.3 Å². The first-order valence-corrected chi connectivity index (χ1v) is 5.37. The van der Waals surface area contributed by atoms with Crippen LogP contribution in [-0.2, 0) is 0 Å². The molecular weight excluding hydrogens is 252 g/mol. The summed E-state index contributed by atoms with van der Waals surface area (Å²) in [5.74, 6) is -1.77. The minimum absolute atomic E-state index is 0.300. The van der Waals surface area contributed by atoms with Crippen molar-refractivity contribution in [2.75, 3.05) is 6.54 Å². The topological polar surface area (TPSA) is 33.2 Å². The molecule has 0 unspecified atom stereocenters. The predicted octanol–water partition coefficient (Wildman–Crippen LogP) is 2.39. The molecule has 0 radical (unpaired) electrons. The summed E-state index contributed by atoms with van der Waals surface area (Å²) >= 11 is 0. The largest absolute Gasteiger partial charge is 0.406 e. The van der Waals surface area contributed by atoms with Crippen LogP contribution < -0.4 is 0 Å². The molecular formula is C11H10F4N2O. The fourth-order valence-corrected chi connectivity index (χ4v) is 1.62. The Kier molecular flexibility index (Phi) is 3.23. The molecule has 0 spiro atoms. The van der Waals surface area contributed by atoms with Gasteiger partial charge in [0.25, 0.3) is 5.91 Å². The van der Waals surface area contributed by atoms with Crippen LogP contribution >= 0.6 is 0 Å². The SMILES string of the molecule is O=C(c1cccc(F)n1)N(CC(F)(F)F)C1CC1. The molecule has 1 heterocycles. The van der Waals surface area contributed by atoms with Gasteiger partial charge < -0.3 is 4.90 Å². The van der Waals surface area contributed by atoms with Crippen LogP contribution in [0.5, 0.6) is 0 Å². The Balaban J connectivity index is 2.18. The Morgan fingerprint density at radius 3 is 2.56 bits per heavy atom. The Hall–Kier alpha value is -1.66. The average molecular weight is 262 g/mol. The minimum atomic E-state index is -4.47. The lowest BCUT2D eigenvalue weighted by molar-refractivity contribution is -0.141. The van der Waals surface area contributed by atoms with Crippen molar-refractivity contribution in [1.29, 1.82) is 0 Å². The van der Waals surface area contributed by atoms with Gasteiger partial charge in [0.1, 0.15) is 12.2 Å². The van der Waals surface area contributed by atoms with Crippen molar-refractivity contribution in [1.82, 2.24) is 9.88 Å². The molecule has 18 heavy (non-hydrogen) atoms. The highest BCUT2D eigenvalue weighted by Crippen LogP contribution is 2.31. The third-order valence-corrected chi connectivity index (χ3v) is 2.53. The zero-order valence-electron chi connectivity index (χ0n) is 9.25. The van der Waals surface area contributed by atoms with Crippen molar-refractivity contribution >= 4 is 5.91 Å². The van der Waals surface area contributed by atoms with Gasteiger partial charge in [0.2, 0.25) is 5.95 Å². The third-order valence-electron chi connectivity index (χ3n) is 2.53. The summed E-state index contributed by atoms with van der Waals surface area (Å²) in [5.41, 5.74) is -0.300. The second kappa shape index (κ2) is 4.55. The summed E-state index contributed by atoms with van der Waals surface area (Å²) in [6.07, 6.45) is -3.39. The summed E-state index contributed by atoms with van der Waals surface area (Å²) in [7, 11) is 0. The smallest absolute Gasteiger partial charge is 0.325 e. The van der Waals surface area contributed by atoms with Crippen molar-refractivity contribution in [3.05, 3.63) is 29.8 Å². The molecule has 0 aromatic carbocycles. The number of carbonyl (C=O) groups excluding carboxylic acids is 1. The molecule has 1 fully saturated rings. The fraction of sp³-hybridized carbons (Fsp3) is 0.455. The van der Waals surface area contributed by atoms with E-state index in [1.807, 2.05) is 0 Å². The number of amides is 1. The number of rotatable bonds is 3. The maximum atomic E-state index is 12.8. The number of carbonyl (C=O) groups is 1. The monoisotopic (exact) mass is 262 g/mol. The quantitative estimate of drug-likeness (QED) is 0.619. The lowest BCUT2D eigenvalue weighted by Gasteiger charge is -2.23. The zero-order valence-corrected chi connectivity index (χ0v) is 9.25. The second-order valence-electron chi connectivity index (χ2n) is 4.12. The number of hydrogen-bond acceptors (Lipinski definition) is 2. The zero-order chi connectivity index (χ0) is 13.3. The van der Waals surface area contributed by atoms with E-state index in [2.05, 4.69) is 4.98 Å². The normalized spacial score (nSPS) is 15.6. The van der Waals surface area contributed by atoms with E-state index < -0.39 is 30.6 Å². The van der Waals surface area contributed by atoms with E-state index in [1.54, 1.807) is 0 Å². The van der Waals surface area contributed by atoms with Gasteiger partial charge in [-0.1, -0.05) is 6.07 Å². The number of hydrogen-bond donors (Lipinski definition) is 0. The van der Waals surface area contributed by atoms with Gasteiger partial charge in [-0.05, 0) is 25.0 Å². The van der Waals surface area contributed by atoms with Gasteiger partial charge in [-0.15, -0.1) is 0 Å². The number of pyridine rings is 1. The molecule has 1 aliphatic rings. The van der Waals surface area contributed by atoms with Crippen LogP contribution in [0, 0.1) is 5.95 Å². The van der Waals surface area contributed by atoms with E-state index in [0.29, 0.717) is 17.7 Å². The highest BCUT2D eigenvalue weighted by atomic mass is 19.4. The van der Waals surface area contributed by atoms with Gasteiger partial charge in [0.05, 0.1) is 0 Å². The molecule has 98 valence electrons. The Labute approximate surface area is 100 Å². The average Bonchev–Trinajstić information content (AvgIpc) is 3.07. The molecule has 0 aliphatic heterocycles. The standard InChI is InChI=1S/C11H10F4N2O/c12-9-3-1-2-8(16-9)10(18)17(7-4-5-7)6-11(13,14)15/h1-3,7H,4-6H2. The summed E-state index contributed by atoms with van der Waals surface area (Å²) in [4.78, 5) is 15.9. The van der Waals surface area contributed by atoms with E-state index in [4.69, 9.17) is 0 Å². The summed E-state index contributed by atoms with van der Waals surface area (Å²) in [6, 6.07) is 3.07. The first-order chi connectivity index (χ1) is 8.37. The molecule has 0 atom stereocenters. The van der Waals surface area contributed by atoms with Crippen molar-refractivity contribution < 1.29 is 22.4 Å². The molecule has 1 aromatic heterocycles. The van der Waals surface area contributed by atoms with Crippen molar-refractivity contribution in [2.45, 2.75) is 25.1 Å². The van der Waals surface area contributed by atoms with Crippen LogP contribution in [0.3, 0.4) is 0 Å². The molecule has 1 amide bonds. The molecule has 1 aliphatic carbocycles. The van der Waals surface area contributed by atoms with Crippen molar-refractivity contribution in [3.63, 3.8) is 0 Å². The lowest BCUT2D eigenvalue weighted by atomic mass is 10.3. The summed E-state index contributed by atoms with van der Waals surface area (Å²) in [5, 5.41) is 0. The predicted molar refractivity (Wildman–Crippen MR) is 54.3 cm³/mol. The lowest BCUT2D eigenvalue weighted by Crippen LogP contribution is -2.40. The number of halogens is 4. The third kappa shape index (κ3) is 3.18. The summed E-state index contributed by atoms with van der Waals surface area (Å²) < 4.78 is 49.9. The van der Waals surface area contributed by atoms with Crippen molar-refractivity contribution in [3.8, 4) is 0 Å². The van der Waals surface area contributed by atoms with E-state index >= 15 is 0 Å². The first kappa shape index (κ1) is 12.8. The number of aromatic nitrogens is 1.